The Morgan fingerprint density at radius 3 is 2.52 bits per heavy atom. The third-order valence-corrected chi connectivity index (χ3v) is 5.74. The average molecular weight is 508 g/mol. The first-order valence-corrected chi connectivity index (χ1v) is 11.8. The third-order valence-electron chi connectivity index (χ3n) is 4.44. The van der Waals surface area contributed by atoms with Crippen LogP contribution in [0.2, 0.25) is 10.0 Å². The van der Waals surface area contributed by atoms with Gasteiger partial charge in [0, 0.05) is 23.5 Å². The van der Waals surface area contributed by atoms with Crippen molar-refractivity contribution in [2.75, 3.05) is 18.1 Å². The monoisotopic (exact) mass is 507 g/mol. The van der Waals surface area contributed by atoms with Crippen molar-refractivity contribution >= 4 is 57.3 Å². The van der Waals surface area contributed by atoms with Gasteiger partial charge in [0.25, 0.3) is 11.8 Å². The molecule has 0 saturated carbocycles. The van der Waals surface area contributed by atoms with Crippen molar-refractivity contribution in [3.05, 3.63) is 63.4 Å². The van der Waals surface area contributed by atoms with Gasteiger partial charge in [-0.1, -0.05) is 23.2 Å². The largest absolute Gasteiger partial charge is 0.345 e. The molecule has 0 radical (unpaired) electrons. The molecule has 0 saturated heterocycles. The summed E-state index contributed by atoms with van der Waals surface area (Å²) in [4.78, 5) is 41.4. The van der Waals surface area contributed by atoms with Crippen LogP contribution in [0.25, 0.3) is 5.82 Å². The van der Waals surface area contributed by atoms with Crippen LogP contribution >= 0.6 is 23.2 Å². The lowest BCUT2D eigenvalue weighted by Gasteiger charge is -2.15. The summed E-state index contributed by atoms with van der Waals surface area (Å²) in [6.07, 6.45) is 2.91. The van der Waals surface area contributed by atoms with Crippen molar-refractivity contribution in [2.24, 2.45) is 0 Å². The van der Waals surface area contributed by atoms with E-state index in [4.69, 9.17) is 23.2 Å². The number of anilines is 1. The second-order valence-corrected chi connectivity index (χ2v) is 9.20. The summed E-state index contributed by atoms with van der Waals surface area (Å²) in [5, 5.41) is 10.1. The van der Waals surface area contributed by atoms with Crippen molar-refractivity contribution in [1.29, 1.82) is 0 Å². The fourth-order valence-electron chi connectivity index (χ4n) is 2.92. The standard InChI is InChI=1S/C21H19Cl2N5O4S/c1-11-7-13(22)8-14(20(30)25-10-12(2)29)18(11)26-21(31)16-9-17(33(3)32)27-28(16)19-15(23)5-4-6-24-19/h4-9H,10H2,1-3H3,(H,25,30)(H,26,31). The highest BCUT2D eigenvalue weighted by molar-refractivity contribution is 7.84. The predicted octanol–water partition coefficient (Wildman–Crippen LogP) is 3.19. The summed E-state index contributed by atoms with van der Waals surface area (Å²) in [7, 11) is -1.48. The first kappa shape index (κ1) is 24.6. The maximum Gasteiger partial charge on any atom is 0.274 e. The Morgan fingerprint density at radius 1 is 1.15 bits per heavy atom. The lowest BCUT2D eigenvalue weighted by Crippen LogP contribution is -2.30. The molecule has 12 heteroatoms. The van der Waals surface area contributed by atoms with Gasteiger partial charge in [-0.3, -0.25) is 18.6 Å². The molecule has 3 rings (SSSR count). The van der Waals surface area contributed by atoms with E-state index in [1.807, 2.05) is 0 Å². The van der Waals surface area contributed by atoms with E-state index in [0.717, 1.165) is 0 Å². The molecule has 0 aliphatic heterocycles. The van der Waals surface area contributed by atoms with E-state index >= 15 is 0 Å². The maximum atomic E-state index is 13.3. The summed E-state index contributed by atoms with van der Waals surface area (Å²) in [6.45, 7) is 2.84. The van der Waals surface area contributed by atoms with Crippen LogP contribution in [-0.2, 0) is 15.6 Å². The normalized spacial score (nSPS) is 11.7. The zero-order chi connectivity index (χ0) is 24.3. The van der Waals surface area contributed by atoms with Crippen LogP contribution in [0.3, 0.4) is 0 Å². The van der Waals surface area contributed by atoms with Gasteiger partial charge in [-0.25, -0.2) is 9.67 Å². The van der Waals surface area contributed by atoms with E-state index in [1.165, 1.54) is 36.2 Å². The number of nitrogens with zero attached hydrogens (tertiary/aromatic N) is 3. The van der Waals surface area contributed by atoms with Gasteiger partial charge < -0.3 is 10.6 Å². The molecule has 1 atom stereocenters. The first-order valence-electron chi connectivity index (χ1n) is 9.52. The number of aromatic nitrogens is 3. The Labute approximate surface area is 201 Å². The number of carbonyl (C=O) groups excluding carboxylic acids is 3. The Kier molecular flexibility index (Phi) is 7.62. The topological polar surface area (TPSA) is 123 Å². The number of aryl methyl sites for hydroxylation is 1. The summed E-state index contributed by atoms with van der Waals surface area (Å²) in [6, 6.07) is 7.53. The van der Waals surface area contributed by atoms with Crippen molar-refractivity contribution in [3.63, 3.8) is 0 Å². The van der Waals surface area contributed by atoms with Crippen molar-refractivity contribution in [1.82, 2.24) is 20.1 Å². The maximum absolute atomic E-state index is 13.3. The SMILES string of the molecule is CC(=O)CNC(=O)c1cc(Cl)cc(C)c1NC(=O)c1cc(S(C)=O)nn1-c1ncccc1Cl. The molecule has 9 nitrogen and oxygen atoms in total. The second-order valence-electron chi connectivity index (χ2n) is 7.03. The predicted molar refractivity (Wildman–Crippen MR) is 126 cm³/mol. The number of hydrogen-bond acceptors (Lipinski definition) is 6. The highest BCUT2D eigenvalue weighted by Crippen LogP contribution is 2.27. The Balaban J connectivity index is 2.05. The summed E-state index contributed by atoms with van der Waals surface area (Å²) in [5.74, 6) is -1.29. The van der Waals surface area contributed by atoms with Gasteiger partial charge in [0.2, 0.25) is 0 Å². The molecule has 3 aromatic rings. The minimum atomic E-state index is -1.48. The zero-order valence-electron chi connectivity index (χ0n) is 17.8. The molecule has 0 bridgehead atoms. The lowest BCUT2D eigenvalue weighted by molar-refractivity contribution is -0.116. The molecule has 172 valence electrons. The Bertz CT molecular complexity index is 1290. The third kappa shape index (κ3) is 5.65. The molecule has 2 aromatic heterocycles. The summed E-state index contributed by atoms with van der Waals surface area (Å²) in [5.41, 5.74) is 0.801. The molecule has 0 aliphatic carbocycles. The Morgan fingerprint density at radius 2 is 1.88 bits per heavy atom. The number of nitrogens with one attached hydrogen (secondary N) is 2. The van der Waals surface area contributed by atoms with Gasteiger partial charge in [0.15, 0.2) is 5.82 Å². The van der Waals surface area contributed by atoms with Gasteiger partial charge in [-0.2, -0.15) is 5.10 Å². The molecule has 2 N–H and O–H groups in total. The summed E-state index contributed by atoms with van der Waals surface area (Å²) >= 11 is 12.3. The van der Waals surface area contributed by atoms with Crippen molar-refractivity contribution in [2.45, 2.75) is 18.9 Å². The van der Waals surface area contributed by atoms with E-state index in [1.54, 1.807) is 25.1 Å². The van der Waals surface area contributed by atoms with Crippen LogP contribution in [-0.4, -0.2) is 49.4 Å². The molecule has 0 aliphatic rings. The van der Waals surface area contributed by atoms with Crippen molar-refractivity contribution < 1.29 is 18.6 Å². The number of pyridine rings is 1. The molecular weight excluding hydrogens is 489 g/mol. The second kappa shape index (κ2) is 10.2. The highest BCUT2D eigenvalue weighted by Gasteiger charge is 2.23. The molecule has 0 fully saturated rings. The average Bonchev–Trinajstić information content (AvgIpc) is 3.19. The van der Waals surface area contributed by atoms with E-state index in [9.17, 15) is 18.6 Å². The fraction of sp³-hybridized carbons (Fsp3) is 0.190. The number of ketones is 1. The van der Waals surface area contributed by atoms with E-state index in [2.05, 4.69) is 20.7 Å². The van der Waals surface area contributed by atoms with Crippen LogP contribution < -0.4 is 10.6 Å². The molecule has 1 unspecified atom stereocenters. The summed E-state index contributed by atoms with van der Waals surface area (Å²) < 4.78 is 13.2. The molecular formula is C21H19Cl2N5O4S. The van der Waals surface area contributed by atoms with Gasteiger partial charge >= 0.3 is 0 Å². The van der Waals surface area contributed by atoms with Crippen LogP contribution in [0.15, 0.2) is 41.6 Å². The zero-order valence-corrected chi connectivity index (χ0v) is 20.1. The number of Topliss-reactive ketones (excluding diaryl/α,β-unsaturated/α-hetero) is 1. The molecule has 2 amide bonds. The molecule has 2 heterocycles. The number of carbonyl (C=O) groups is 3. The molecule has 1 aromatic carbocycles. The van der Waals surface area contributed by atoms with Crippen LogP contribution in [0, 0.1) is 6.92 Å². The fourth-order valence-corrected chi connectivity index (χ4v) is 3.87. The molecule has 33 heavy (non-hydrogen) atoms. The van der Waals surface area contributed by atoms with Crippen LogP contribution in [0.5, 0.6) is 0 Å². The van der Waals surface area contributed by atoms with E-state index < -0.39 is 22.6 Å². The minimum Gasteiger partial charge on any atom is -0.345 e. The minimum absolute atomic E-state index is 0.00486. The van der Waals surface area contributed by atoms with Gasteiger partial charge in [-0.15, -0.1) is 0 Å². The van der Waals surface area contributed by atoms with Crippen LogP contribution in [0.4, 0.5) is 5.69 Å². The smallest absolute Gasteiger partial charge is 0.274 e. The van der Waals surface area contributed by atoms with Gasteiger partial charge in [0.05, 0.1) is 33.6 Å². The van der Waals surface area contributed by atoms with E-state index in [-0.39, 0.29) is 50.2 Å². The van der Waals surface area contributed by atoms with Gasteiger partial charge in [0.1, 0.15) is 16.5 Å². The quantitative estimate of drug-likeness (QED) is 0.506. The first-order chi connectivity index (χ1) is 15.6. The van der Waals surface area contributed by atoms with Crippen molar-refractivity contribution in [3.8, 4) is 5.82 Å². The lowest BCUT2D eigenvalue weighted by atomic mass is 10.1. The molecule has 0 spiro atoms. The van der Waals surface area contributed by atoms with Gasteiger partial charge in [-0.05, 0) is 43.7 Å². The number of halogens is 2. The number of rotatable bonds is 7. The highest BCUT2D eigenvalue weighted by atomic mass is 35.5. The number of hydrogen-bond donors (Lipinski definition) is 2. The Hall–Kier alpha value is -3.08. The van der Waals surface area contributed by atoms with E-state index in [0.29, 0.717) is 5.56 Å². The number of amides is 2. The van der Waals surface area contributed by atoms with Crippen LogP contribution in [0.1, 0.15) is 33.3 Å². The number of benzene rings is 1.